The van der Waals surface area contributed by atoms with E-state index in [9.17, 15) is 14.4 Å². The van der Waals surface area contributed by atoms with Crippen LogP contribution >= 0.6 is 0 Å². The second kappa shape index (κ2) is 9.85. The van der Waals surface area contributed by atoms with Crippen LogP contribution in [0, 0.1) is 0 Å². The highest BCUT2D eigenvalue weighted by Crippen LogP contribution is 2.44. The number of carboxylic acid groups (broad SMARTS) is 1. The van der Waals surface area contributed by atoms with E-state index in [1.165, 1.54) is 0 Å². The van der Waals surface area contributed by atoms with Crippen LogP contribution in [0.25, 0.3) is 11.1 Å². The molecule has 0 spiro atoms. The Morgan fingerprint density at radius 3 is 2.18 bits per heavy atom. The molecule has 34 heavy (non-hydrogen) atoms. The maximum Gasteiger partial charge on any atom is 0.407 e. The second-order valence-corrected chi connectivity index (χ2v) is 9.29. The molecule has 2 aliphatic carbocycles. The minimum Gasteiger partial charge on any atom is -0.481 e. The maximum absolute atomic E-state index is 12.8. The molecule has 0 saturated heterocycles. The van der Waals surface area contributed by atoms with Crippen LogP contribution in [-0.4, -0.2) is 66.8 Å². The monoisotopic (exact) mass is 465 g/mol. The van der Waals surface area contributed by atoms with Gasteiger partial charge in [-0.1, -0.05) is 48.5 Å². The van der Waals surface area contributed by atoms with Crippen LogP contribution < -0.4 is 10.6 Å². The third-order valence-electron chi connectivity index (χ3n) is 6.97. The van der Waals surface area contributed by atoms with E-state index in [1.807, 2.05) is 50.5 Å². The molecule has 1 saturated carbocycles. The lowest BCUT2D eigenvalue weighted by atomic mass is 9.98. The fourth-order valence-corrected chi connectivity index (χ4v) is 4.62. The number of carbonyl (C=O) groups is 3. The number of nitrogens with one attached hydrogen (secondary N) is 2. The number of aliphatic carboxylic acids is 1. The molecular weight excluding hydrogens is 434 g/mol. The van der Waals surface area contributed by atoms with E-state index < -0.39 is 24.0 Å². The highest BCUT2D eigenvalue weighted by molar-refractivity contribution is 5.86. The lowest BCUT2D eigenvalue weighted by Crippen LogP contribution is -2.51. The number of amides is 2. The van der Waals surface area contributed by atoms with Gasteiger partial charge in [-0.2, -0.15) is 0 Å². The first kappa shape index (κ1) is 23.8. The first-order valence-corrected chi connectivity index (χ1v) is 11.6. The summed E-state index contributed by atoms with van der Waals surface area (Å²) in [6, 6.07) is 15.1. The number of rotatable bonds is 10. The van der Waals surface area contributed by atoms with Gasteiger partial charge in [-0.3, -0.25) is 9.59 Å². The van der Waals surface area contributed by atoms with Gasteiger partial charge in [0.05, 0.1) is 0 Å². The van der Waals surface area contributed by atoms with Crippen molar-refractivity contribution < 1.29 is 24.2 Å². The lowest BCUT2D eigenvalue weighted by molar-refractivity contribution is -0.137. The smallest absolute Gasteiger partial charge is 0.407 e. The quantitative estimate of drug-likeness (QED) is 0.498. The first-order valence-electron chi connectivity index (χ1n) is 11.6. The number of ether oxygens (including phenoxy) is 1. The molecule has 0 heterocycles. The van der Waals surface area contributed by atoms with Gasteiger partial charge >= 0.3 is 12.1 Å². The molecule has 8 heteroatoms. The molecule has 0 aromatic heterocycles. The summed E-state index contributed by atoms with van der Waals surface area (Å²) >= 11 is 0. The van der Waals surface area contributed by atoms with Crippen molar-refractivity contribution in [2.24, 2.45) is 0 Å². The maximum atomic E-state index is 12.8. The van der Waals surface area contributed by atoms with Crippen LogP contribution in [0.2, 0.25) is 0 Å². The van der Waals surface area contributed by atoms with E-state index in [0.717, 1.165) is 35.1 Å². The zero-order valence-corrected chi connectivity index (χ0v) is 19.5. The molecule has 1 atom stereocenters. The van der Waals surface area contributed by atoms with Crippen molar-refractivity contribution in [3.8, 4) is 11.1 Å². The van der Waals surface area contributed by atoms with E-state index in [2.05, 4.69) is 27.7 Å². The van der Waals surface area contributed by atoms with Crippen molar-refractivity contribution in [3.05, 3.63) is 59.7 Å². The number of carbonyl (C=O) groups excluding carboxylic acids is 2. The zero-order valence-electron chi connectivity index (χ0n) is 19.5. The molecule has 2 aromatic carbocycles. The minimum atomic E-state index is -1.03. The van der Waals surface area contributed by atoms with Gasteiger partial charge in [-0.15, -0.1) is 0 Å². The summed E-state index contributed by atoms with van der Waals surface area (Å²) in [5.41, 5.74) is 4.38. The van der Waals surface area contributed by atoms with E-state index in [1.54, 1.807) is 0 Å². The Kier molecular flexibility index (Phi) is 6.88. The predicted octanol–water partition coefficient (Wildman–Crippen LogP) is 2.97. The SMILES string of the molecule is CN(C)C1(CNC(=O)C(CCC(=O)O)NC(=O)OCC2c3ccccc3-c3ccccc32)CC1. The molecule has 2 aliphatic rings. The average Bonchev–Trinajstić information content (AvgIpc) is 3.56. The van der Waals surface area contributed by atoms with Crippen molar-refractivity contribution in [2.45, 2.75) is 43.2 Å². The number of fused-ring (bicyclic) bond motifs is 3. The lowest BCUT2D eigenvalue weighted by Gasteiger charge is -2.25. The number of hydrogen-bond acceptors (Lipinski definition) is 5. The number of nitrogens with zero attached hydrogens (tertiary/aromatic N) is 1. The Morgan fingerprint density at radius 1 is 1.06 bits per heavy atom. The molecule has 2 amide bonds. The van der Waals surface area contributed by atoms with E-state index in [0.29, 0.717) is 6.54 Å². The van der Waals surface area contributed by atoms with Gasteiger partial charge in [0.1, 0.15) is 12.6 Å². The summed E-state index contributed by atoms with van der Waals surface area (Å²) in [5.74, 6) is -1.53. The largest absolute Gasteiger partial charge is 0.481 e. The van der Waals surface area contributed by atoms with Gasteiger partial charge in [0.25, 0.3) is 0 Å². The van der Waals surface area contributed by atoms with Gasteiger partial charge in [0.15, 0.2) is 0 Å². The number of carboxylic acids is 1. The third kappa shape index (κ3) is 5.07. The molecule has 4 rings (SSSR count). The standard InChI is InChI=1S/C26H31N3O5/c1-29(2)26(13-14-26)16-27-24(32)22(11-12-23(30)31)28-25(33)34-15-21-19-9-5-3-7-17(19)18-8-4-6-10-20(18)21/h3-10,21-22H,11-16H2,1-2H3,(H,27,32)(H,28,33)(H,30,31). The molecule has 0 aliphatic heterocycles. The topological polar surface area (TPSA) is 108 Å². The summed E-state index contributed by atoms with van der Waals surface area (Å²) < 4.78 is 5.54. The van der Waals surface area contributed by atoms with Gasteiger partial charge in [0.2, 0.25) is 5.91 Å². The predicted molar refractivity (Wildman–Crippen MR) is 128 cm³/mol. The van der Waals surface area contributed by atoms with Crippen LogP contribution in [0.15, 0.2) is 48.5 Å². The van der Waals surface area contributed by atoms with E-state index >= 15 is 0 Å². The summed E-state index contributed by atoms with van der Waals surface area (Å²) in [6.45, 7) is 0.575. The Labute approximate surface area is 199 Å². The van der Waals surface area contributed by atoms with Gasteiger partial charge in [-0.05, 0) is 55.6 Å². The van der Waals surface area contributed by atoms with Crippen LogP contribution in [0.4, 0.5) is 4.79 Å². The Morgan fingerprint density at radius 2 is 1.65 bits per heavy atom. The molecule has 0 radical (unpaired) electrons. The first-order chi connectivity index (χ1) is 16.3. The molecule has 180 valence electrons. The van der Waals surface area contributed by atoms with Crippen LogP contribution in [0.3, 0.4) is 0 Å². The highest BCUT2D eigenvalue weighted by atomic mass is 16.5. The molecular formula is C26H31N3O5. The van der Waals surface area contributed by atoms with Crippen LogP contribution in [0.5, 0.6) is 0 Å². The second-order valence-electron chi connectivity index (χ2n) is 9.29. The average molecular weight is 466 g/mol. The molecule has 8 nitrogen and oxygen atoms in total. The summed E-state index contributed by atoms with van der Waals surface area (Å²) in [6.07, 6.45) is 0.988. The van der Waals surface area contributed by atoms with Crippen molar-refractivity contribution in [1.29, 1.82) is 0 Å². The zero-order chi connectivity index (χ0) is 24.3. The fourth-order valence-electron chi connectivity index (χ4n) is 4.62. The number of hydrogen-bond donors (Lipinski definition) is 3. The van der Waals surface area contributed by atoms with Gasteiger partial charge in [0, 0.05) is 24.4 Å². The van der Waals surface area contributed by atoms with Crippen LogP contribution in [0.1, 0.15) is 42.7 Å². The van der Waals surface area contributed by atoms with Crippen LogP contribution in [-0.2, 0) is 14.3 Å². The Balaban J connectivity index is 1.38. The van der Waals surface area contributed by atoms with Crippen molar-refractivity contribution in [1.82, 2.24) is 15.5 Å². The Bertz CT molecular complexity index is 1030. The summed E-state index contributed by atoms with van der Waals surface area (Å²) in [7, 11) is 3.94. The molecule has 2 aromatic rings. The van der Waals surface area contributed by atoms with Crippen molar-refractivity contribution >= 4 is 18.0 Å². The number of likely N-dealkylation sites (N-methyl/N-ethyl adjacent to an activating group) is 1. The summed E-state index contributed by atoms with van der Waals surface area (Å²) in [5, 5.41) is 14.5. The van der Waals surface area contributed by atoms with E-state index in [4.69, 9.17) is 9.84 Å². The van der Waals surface area contributed by atoms with E-state index in [-0.39, 0.29) is 30.9 Å². The Hall–Kier alpha value is -3.39. The summed E-state index contributed by atoms with van der Waals surface area (Å²) in [4.78, 5) is 38.6. The van der Waals surface area contributed by atoms with Gasteiger partial charge < -0.3 is 25.4 Å². The number of alkyl carbamates (subject to hydrolysis) is 1. The molecule has 1 fully saturated rings. The van der Waals surface area contributed by atoms with Crippen molar-refractivity contribution in [2.75, 3.05) is 27.2 Å². The third-order valence-corrected chi connectivity index (χ3v) is 6.97. The highest BCUT2D eigenvalue weighted by Gasteiger charge is 2.45. The fraction of sp³-hybridized carbons (Fsp3) is 0.423. The molecule has 0 bridgehead atoms. The molecule has 3 N–H and O–H groups in total. The molecule has 1 unspecified atom stereocenters. The number of benzene rings is 2. The van der Waals surface area contributed by atoms with Gasteiger partial charge in [-0.25, -0.2) is 4.79 Å². The normalized spacial score (nSPS) is 16.3. The van der Waals surface area contributed by atoms with Crippen molar-refractivity contribution in [3.63, 3.8) is 0 Å². The minimum absolute atomic E-state index is 0.0136.